The third-order valence-electron chi connectivity index (χ3n) is 4.23. The highest BCUT2D eigenvalue weighted by Gasteiger charge is 2.11. The van der Waals surface area contributed by atoms with Crippen LogP contribution in [0.4, 0.5) is 5.69 Å². The Morgan fingerprint density at radius 1 is 1.00 bits per heavy atom. The normalized spacial score (nSPS) is 19.0. The van der Waals surface area contributed by atoms with Gasteiger partial charge in [-0.1, -0.05) is 42.5 Å². The van der Waals surface area contributed by atoms with Crippen molar-refractivity contribution in [1.29, 1.82) is 0 Å². The summed E-state index contributed by atoms with van der Waals surface area (Å²) in [5.41, 5.74) is 15.4. The highest BCUT2D eigenvalue weighted by Crippen LogP contribution is 2.20. The molecule has 2 aromatic carbocycles. The second kappa shape index (κ2) is 8.97. The average Bonchev–Trinajstić information content (AvgIpc) is 2.71. The zero-order valence-corrected chi connectivity index (χ0v) is 14.7. The number of aliphatic imine (C=N–C) groups is 2. The number of hydrogen-bond acceptors (Lipinski definition) is 4. The van der Waals surface area contributed by atoms with Crippen LogP contribution in [-0.4, -0.2) is 24.9 Å². The quantitative estimate of drug-likeness (QED) is 0.639. The van der Waals surface area contributed by atoms with Crippen molar-refractivity contribution in [1.82, 2.24) is 0 Å². The van der Waals surface area contributed by atoms with E-state index in [-0.39, 0.29) is 6.23 Å². The lowest BCUT2D eigenvalue weighted by atomic mass is 10.1. The fourth-order valence-corrected chi connectivity index (χ4v) is 2.76. The van der Waals surface area contributed by atoms with Crippen LogP contribution >= 0.6 is 0 Å². The van der Waals surface area contributed by atoms with Gasteiger partial charge in [0.1, 0.15) is 12.1 Å². The van der Waals surface area contributed by atoms with Gasteiger partial charge in [0, 0.05) is 30.2 Å². The molecule has 1 saturated heterocycles. The second-order valence-electron chi connectivity index (χ2n) is 6.13. The molecule has 3 rings (SSSR count). The van der Waals surface area contributed by atoms with Gasteiger partial charge < -0.3 is 16.2 Å². The maximum atomic E-state index is 6.06. The van der Waals surface area contributed by atoms with Crippen LogP contribution in [0.15, 0.2) is 70.8 Å². The van der Waals surface area contributed by atoms with E-state index in [9.17, 15) is 0 Å². The van der Waals surface area contributed by atoms with Crippen LogP contribution in [-0.2, 0) is 4.74 Å². The minimum absolute atomic E-state index is 0.0618. The third-order valence-corrected chi connectivity index (χ3v) is 4.23. The largest absolute Gasteiger partial charge is 0.404 e. The van der Waals surface area contributed by atoms with Crippen molar-refractivity contribution in [3.63, 3.8) is 0 Å². The van der Waals surface area contributed by atoms with Gasteiger partial charge in [0.15, 0.2) is 0 Å². The Morgan fingerprint density at radius 2 is 1.77 bits per heavy atom. The summed E-state index contributed by atoms with van der Waals surface area (Å²) >= 11 is 0. The molecule has 4 N–H and O–H groups in total. The van der Waals surface area contributed by atoms with Crippen LogP contribution in [0.1, 0.15) is 30.4 Å². The first-order chi connectivity index (χ1) is 12.8. The molecule has 5 nitrogen and oxygen atoms in total. The Morgan fingerprint density at radius 3 is 2.42 bits per heavy atom. The monoisotopic (exact) mass is 348 g/mol. The maximum Gasteiger partial charge on any atom is 0.148 e. The molecule has 1 aliphatic heterocycles. The van der Waals surface area contributed by atoms with E-state index < -0.39 is 0 Å². The van der Waals surface area contributed by atoms with Crippen molar-refractivity contribution in [2.45, 2.75) is 25.5 Å². The minimum Gasteiger partial charge on any atom is -0.404 e. The minimum atomic E-state index is -0.0618. The number of nitrogens with two attached hydrogens (primary N) is 2. The molecule has 2 aromatic rings. The Bertz CT molecular complexity index is 789. The van der Waals surface area contributed by atoms with Crippen molar-refractivity contribution in [2.24, 2.45) is 21.5 Å². The molecule has 0 amide bonds. The highest BCUT2D eigenvalue weighted by atomic mass is 16.5. The molecule has 0 bridgehead atoms. The summed E-state index contributed by atoms with van der Waals surface area (Å²) in [6.07, 6.45) is 6.50. The van der Waals surface area contributed by atoms with Crippen molar-refractivity contribution in [2.75, 3.05) is 6.61 Å². The van der Waals surface area contributed by atoms with Gasteiger partial charge in [-0.15, -0.1) is 0 Å². The molecule has 0 radical (unpaired) electrons. The first-order valence-electron chi connectivity index (χ1n) is 8.83. The summed E-state index contributed by atoms with van der Waals surface area (Å²) in [6.45, 7) is 0.777. The molecule has 1 fully saturated rings. The van der Waals surface area contributed by atoms with Gasteiger partial charge in [-0.3, -0.25) is 4.99 Å². The van der Waals surface area contributed by atoms with Crippen molar-refractivity contribution in [3.8, 4) is 0 Å². The van der Waals surface area contributed by atoms with Crippen molar-refractivity contribution >= 4 is 23.3 Å². The molecule has 5 heteroatoms. The van der Waals surface area contributed by atoms with Crippen LogP contribution < -0.4 is 11.5 Å². The van der Waals surface area contributed by atoms with E-state index in [1.54, 1.807) is 12.4 Å². The SMILES string of the molecule is NC=C(C=NC1CCCCO1)c1ccc(N=C(N)c2ccccc2)cc1. The lowest BCUT2D eigenvalue weighted by Gasteiger charge is -2.18. The van der Waals surface area contributed by atoms with Gasteiger partial charge in [-0.25, -0.2) is 4.99 Å². The fraction of sp³-hybridized carbons (Fsp3) is 0.238. The second-order valence-corrected chi connectivity index (χ2v) is 6.13. The molecule has 1 heterocycles. The highest BCUT2D eigenvalue weighted by molar-refractivity contribution is 6.09. The van der Waals surface area contributed by atoms with Crippen LogP contribution in [0.5, 0.6) is 0 Å². The first kappa shape index (κ1) is 17.9. The molecule has 0 aliphatic carbocycles. The van der Waals surface area contributed by atoms with E-state index in [1.807, 2.05) is 54.6 Å². The Hall–Kier alpha value is -2.92. The van der Waals surface area contributed by atoms with Crippen LogP contribution in [0.3, 0.4) is 0 Å². The summed E-state index contributed by atoms with van der Waals surface area (Å²) in [5, 5.41) is 0. The van der Waals surface area contributed by atoms with Crippen LogP contribution in [0, 0.1) is 0 Å². The molecule has 26 heavy (non-hydrogen) atoms. The molecule has 1 unspecified atom stereocenters. The van der Waals surface area contributed by atoms with Gasteiger partial charge in [0.2, 0.25) is 0 Å². The van der Waals surface area contributed by atoms with Gasteiger partial charge in [0.25, 0.3) is 0 Å². The zero-order valence-electron chi connectivity index (χ0n) is 14.7. The lowest BCUT2D eigenvalue weighted by molar-refractivity contribution is 0.0227. The van der Waals surface area contributed by atoms with Crippen LogP contribution in [0.2, 0.25) is 0 Å². The van der Waals surface area contributed by atoms with E-state index in [2.05, 4.69) is 9.98 Å². The molecule has 0 spiro atoms. The number of benzene rings is 2. The Labute approximate surface area is 154 Å². The molecule has 1 aliphatic rings. The summed E-state index contributed by atoms with van der Waals surface area (Å²) in [4.78, 5) is 8.96. The first-order valence-corrected chi connectivity index (χ1v) is 8.83. The Balaban J connectivity index is 1.70. The molecule has 0 saturated carbocycles. The lowest BCUT2D eigenvalue weighted by Crippen LogP contribution is -2.16. The zero-order chi connectivity index (χ0) is 18.2. The number of hydrogen-bond donors (Lipinski definition) is 2. The van der Waals surface area contributed by atoms with Gasteiger partial charge in [-0.2, -0.15) is 0 Å². The number of ether oxygens (including phenoxy) is 1. The fourth-order valence-electron chi connectivity index (χ4n) is 2.76. The van der Waals surface area contributed by atoms with Gasteiger partial charge >= 0.3 is 0 Å². The maximum absolute atomic E-state index is 6.06. The summed E-state index contributed by atoms with van der Waals surface area (Å²) in [5.74, 6) is 0.490. The predicted molar refractivity (Wildman–Crippen MR) is 108 cm³/mol. The topological polar surface area (TPSA) is 86.0 Å². The van der Waals surface area contributed by atoms with E-state index in [4.69, 9.17) is 16.2 Å². The smallest absolute Gasteiger partial charge is 0.148 e. The van der Waals surface area contributed by atoms with Crippen LogP contribution in [0.25, 0.3) is 5.57 Å². The van der Waals surface area contributed by atoms with E-state index in [1.165, 1.54) is 0 Å². The average molecular weight is 348 g/mol. The number of amidine groups is 1. The Kier molecular flexibility index (Phi) is 6.17. The number of nitrogens with zero attached hydrogens (tertiary/aromatic N) is 2. The van der Waals surface area contributed by atoms with E-state index >= 15 is 0 Å². The molecular weight excluding hydrogens is 324 g/mol. The molecule has 134 valence electrons. The predicted octanol–water partition coefficient (Wildman–Crippen LogP) is 3.62. The van der Waals surface area contributed by atoms with Crippen molar-refractivity contribution < 1.29 is 4.74 Å². The molecule has 1 atom stereocenters. The van der Waals surface area contributed by atoms with Gasteiger partial charge in [0.05, 0.1) is 5.69 Å². The summed E-state index contributed by atoms with van der Waals surface area (Å²) < 4.78 is 5.62. The van der Waals surface area contributed by atoms with E-state index in [0.29, 0.717) is 5.84 Å². The van der Waals surface area contributed by atoms with E-state index in [0.717, 1.165) is 48.3 Å². The summed E-state index contributed by atoms with van der Waals surface area (Å²) in [6, 6.07) is 17.5. The standard InChI is InChI=1S/C21H24N4O/c22-14-18(15-24-20-8-4-5-13-26-20)16-9-11-19(12-10-16)25-21(23)17-6-2-1-3-7-17/h1-3,6-7,9-12,14-15,20H,4-5,8,13,22H2,(H2,23,25). The van der Waals surface area contributed by atoms with Crippen molar-refractivity contribution in [3.05, 3.63) is 71.9 Å². The van der Waals surface area contributed by atoms with Gasteiger partial charge in [-0.05, 0) is 37.0 Å². The number of allylic oxidation sites excluding steroid dienone is 1. The number of rotatable bonds is 5. The molecule has 0 aromatic heterocycles. The summed E-state index contributed by atoms with van der Waals surface area (Å²) in [7, 11) is 0. The third kappa shape index (κ3) is 4.80. The molecular formula is C21H24N4O.